The second-order valence-corrected chi connectivity index (χ2v) is 9.73. The first-order chi connectivity index (χ1) is 16.0. The third-order valence-electron chi connectivity index (χ3n) is 6.90. The van der Waals surface area contributed by atoms with Crippen molar-refractivity contribution in [3.63, 3.8) is 0 Å². The maximum atomic E-state index is 13.6. The van der Waals surface area contributed by atoms with Crippen molar-refractivity contribution in [1.82, 2.24) is 14.8 Å². The SMILES string of the molecule is CC(C)CC(=O)N1Cc2ccccc2CC1C(=O)N1CCC(c2nc3ccccc3o2)CC1. The van der Waals surface area contributed by atoms with Gasteiger partial charge in [-0.3, -0.25) is 9.59 Å². The number of fused-ring (bicyclic) bond motifs is 2. The Morgan fingerprint density at radius 2 is 1.73 bits per heavy atom. The lowest BCUT2D eigenvalue weighted by atomic mass is 9.91. The second-order valence-electron chi connectivity index (χ2n) is 9.73. The third kappa shape index (κ3) is 4.39. The van der Waals surface area contributed by atoms with E-state index < -0.39 is 6.04 Å². The summed E-state index contributed by atoms with van der Waals surface area (Å²) in [5.74, 6) is 1.38. The molecule has 33 heavy (non-hydrogen) atoms. The average molecular weight is 446 g/mol. The number of piperidine rings is 1. The fourth-order valence-corrected chi connectivity index (χ4v) is 5.09. The van der Waals surface area contributed by atoms with Gasteiger partial charge in [0.25, 0.3) is 0 Å². The molecule has 0 saturated carbocycles. The van der Waals surface area contributed by atoms with E-state index in [2.05, 4.69) is 17.1 Å². The third-order valence-corrected chi connectivity index (χ3v) is 6.90. The molecular weight excluding hydrogens is 414 g/mol. The molecule has 0 aliphatic carbocycles. The standard InChI is InChI=1S/C27H31N3O3/c1-18(2)15-25(31)30-17-21-8-4-3-7-20(21)16-23(30)27(32)29-13-11-19(12-14-29)26-28-22-9-5-6-10-24(22)33-26/h3-10,18-19,23H,11-17H2,1-2H3. The number of benzene rings is 2. The van der Waals surface area contributed by atoms with Crippen LogP contribution in [0.2, 0.25) is 0 Å². The summed E-state index contributed by atoms with van der Waals surface area (Å²) in [6, 6.07) is 15.6. The van der Waals surface area contributed by atoms with E-state index >= 15 is 0 Å². The largest absolute Gasteiger partial charge is 0.440 e. The first kappa shape index (κ1) is 21.7. The fourth-order valence-electron chi connectivity index (χ4n) is 5.09. The molecule has 172 valence electrons. The molecule has 1 aromatic heterocycles. The van der Waals surface area contributed by atoms with Gasteiger partial charge in [-0.25, -0.2) is 4.98 Å². The van der Waals surface area contributed by atoms with Crippen molar-refractivity contribution in [2.75, 3.05) is 13.1 Å². The van der Waals surface area contributed by atoms with E-state index in [-0.39, 0.29) is 23.7 Å². The Labute approximate surface area is 194 Å². The van der Waals surface area contributed by atoms with Crippen LogP contribution in [0.25, 0.3) is 11.1 Å². The molecule has 6 heteroatoms. The highest BCUT2D eigenvalue weighted by atomic mass is 16.3. The molecule has 0 bridgehead atoms. The minimum Gasteiger partial charge on any atom is -0.440 e. The highest BCUT2D eigenvalue weighted by molar-refractivity contribution is 5.88. The van der Waals surface area contributed by atoms with Gasteiger partial charge < -0.3 is 14.2 Å². The normalized spacial score (nSPS) is 19.2. The lowest BCUT2D eigenvalue weighted by Crippen LogP contribution is -2.55. The lowest BCUT2D eigenvalue weighted by molar-refractivity contribution is -0.148. The molecule has 3 heterocycles. The summed E-state index contributed by atoms with van der Waals surface area (Å²) >= 11 is 0. The maximum absolute atomic E-state index is 13.6. The average Bonchev–Trinajstić information content (AvgIpc) is 3.27. The summed E-state index contributed by atoms with van der Waals surface area (Å²) in [5.41, 5.74) is 4.01. The Kier molecular flexibility index (Phi) is 5.92. The molecule has 1 unspecified atom stereocenters. The minimum atomic E-state index is -0.424. The molecule has 0 radical (unpaired) electrons. The first-order valence-electron chi connectivity index (χ1n) is 12.0. The van der Waals surface area contributed by atoms with Gasteiger partial charge in [-0.05, 0) is 42.0 Å². The van der Waals surface area contributed by atoms with Gasteiger partial charge in [-0.15, -0.1) is 0 Å². The predicted molar refractivity (Wildman–Crippen MR) is 127 cm³/mol. The molecule has 6 nitrogen and oxygen atoms in total. The van der Waals surface area contributed by atoms with Gasteiger partial charge in [0.1, 0.15) is 11.6 Å². The van der Waals surface area contributed by atoms with Gasteiger partial charge >= 0.3 is 0 Å². The van der Waals surface area contributed by atoms with Crippen LogP contribution < -0.4 is 0 Å². The number of hydrogen-bond acceptors (Lipinski definition) is 4. The molecule has 1 fully saturated rings. The number of nitrogens with zero attached hydrogens (tertiary/aromatic N) is 3. The van der Waals surface area contributed by atoms with Crippen molar-refractivity contribution < 1.29 is 14.0 Å². The van der Waals surface area contributed by atoms with E-state index in [1.165, 1.54) is 5.56 Å². The molecule has 1 atom stereocenters. The van der Waals surface area contributed by atoms with Crippen LogP contribution in [0.3, 0.4) is 0 Å². The highest BCUT2D eigenvalue weighted by Crippen LogP contribution is 2.32. The summed E-state index contributed by atoms with van der Waals surface area (Å²) in [5, 5.41) is 0. The summed E-state index contributed by atoms with van der Waals surface area (Å²) in [4.78, 5) is 35.1. The molecule has 2 amide bonds. The van der Waals surface area contributed by atoms with Crippen LogP contribution >= 0.6 is 0 Å². The van der Waals surface area contributed by atoms with Gasteiger partial charge in [0.2, 0.25) is 11.8 Å². The van der Waals surface area contributed by atoms with Crippen molar-refractivity contribution in [2.45, 2.75) is 58.0 Å². The first-order valence-corrected chi connectivity index (χ1v) is 12.0. The Balaban J connectivity index is 1.30. The van der Waals surface area contributed by atoms with Crippen LogP contribution in [-0.2, 0) is 22.6 Å². The van der Waals surface area contributed by atoms with Crippen molar-refractivity contribution in [2.24, 2.45) is 5.92 Å². The van der Waals surface area contributed by atoms with Crippen LogP contribution in [0.15, 0.2) is 52.9 Å². The van der Waals surface area contributed by atoms with Gasteiger partial charge in [0.05, 0.1) is 0 Å². The Morgan fingerprint density at radius 3 is 2.45 bits per heavy atom. The van der Waals surface area contributed by atoms with E-state index in [9.17, 15) is 9.59 Å². The second kappa shape index (κ2) is 9.00. The van der Waals surface area contributed by atoms with Gasteiger partial charge in [-0.2, -0.15) is 0 Å². The number of likely N-dealkylation sites (tertiary alicyclic amines) is 1. The fraction of sp³-hybridized carbons (Fsp3) is 0.444. The smallest absolute Gasteiger partial charge is 0.245 e. The van der Waals surface area contributed by atoms with Crippen molar-refractivity contribution >= 4 is 22.9 Å². The Bertz CT molecular complexity index is 1130. The lowest BCUT2D eigenvalue weighted by Gasteiger charge is -2.40. The van der Waals surface area contributed by atoms with Crippen LogP contribution in [0.1, 0.15) is 56.0 Å². The zero-order chi connectivity index (χ0) is 22.9. The number of amides is 2. The van der Waals surface area contributed by atoms with E-state index in [1.807, 2.05) is 60.0 Å². The summed E-state index contributed by atoms with van der Waals surface area (Å²) in [6.45, 7) is 5.92. The van der Waals surface area contributed by atoms with E-state index in [1.54, 1.807) is 0 Å². The number of hydrogen-bond donors (Lipinski definition) is 0. The molecule has 2 aliphatic heterocycles. The molecule has 2 aromatic carbocycles. The molecule has 1 saturated heterocycles. The minimum absolute atomic E-state index is 0.0672. The van der Waals surface area contributed by atoms with E-state index in [0.29, 0.717) is 32.5 Å². The molecule has 5 rings (SSSR count). The summed E-state index contributed by atoms with van der Waals surface area (Å²) < 4.78 is 5.98. The van der Waals surface area contributed by atoms with Crippen LogP contribution in [0.5, 0.6) is 0 Å². The van der Waals surface area contributed by atoms with Crippen molar-refractivity contribution in [3.8, 4) is 0 Å². The number of carbonyl (C=O) groups excluding carboxylic acids is 2. The monoisotopic (exact) mass is 445 g/mol. The van der Waals surface area contributed by atoms with E-state index in [0.717, 1.165) is 35.4 Å². The number of oxazole rings is 1. The Hall–Kier alpha value is -3.15. The molecule has 0 spiro atoms. The van der Waals surface area contributed by atoms with E-state index in [4.69, 9.17) is 4.42 Å². The summed E-state index contributed by atoms with van der Waals surface area (Å²) in [6.07, 6.45) is 2.69. The Morgan fingerprint density at radius 1 is 1.03 bits per heavy atom. The molecule has 3 aromatic rings. The zero-order valence-corrected chi connectivity index (χ0v) is 19.4. The van der Waals surface area contributed by atoms with Crippen molar-refractivity contribution in [3.05, 3.63) is 65.5 Å². The topological polar surface area (TPSA) is 66.7 Å². The number of carbonyl (C=O) groups is 2. The summed E-state index contributed by atoms with van der Waals surface area (Å²) in [7, 11) is 0. The number of aromatic nitrogens is 1. The quantitative estimate of drug-likeness (QED) is 0.592. The van der Waals surface area contributed by atoms with Gasteiger partial charge in [0.15, 0.2) is 11.5 Å². The van der Waals surface area contributed by atoms with Crippen LogP contribution in [0, 0.1) is 5.92 Å². The van der Waals surface area contributed by atoms with Crippen LogP contribution in [0.4, 0.5) is 0 Å². The zero-order valence-electron chi connectivity index (χ0n) is 19.4. The number of para-hydroxylation sites is 2. The highest BCUT2D eigenvalue weighted by Gasteiger charge is 2.38. The number of rotatable bonds is 4. The molecule has 2 aliphatic rings. The maximum Gasteiger partial charge on any atom is 0.245 e. The van der Waals surface area contributed by atoms with Gasteiger partial charge in [0, 0.05) is 38.4 Å². The predicted octanol–water partition coefficient (Wildman–Crippen LogP) is 4.53. The molecule has 0 N–H and O–H groups in total. The molecular formula is C27H31N3O3. The van der Waals surface area contributed by atoms with Crippen molar-refractivity contribution in [1.29, 1.82) is 0 Å². The van der Waals surface area contributed by atoms with Gasteiger partial charge in [-0.1, -0.05) is 50.2 Å². The van der Waals surface area contributed by atoms with Crippen LogP contribution in [-0.4, -0.2) is 45.7 Å².